The smallest absolute Gasteiger partial charge is 0.195 e. The van der Waals surface area contributed by atoms with Crippen molar-refractivity contribution in [3.63, 3.8) is 0 Å². The highest BCUT2D eigenvalue weighted by molar-refractivity contribution is 7.92. The van der Waals surface area contributed by atoms with Crippen LogP contribution in [-0.2, 0) is 9.84 Å². The van der Waals surface area contributed by atoms with Gasteiger partial charge >= 0.3 is 0 Å². The van der Waals surface area contributed by atoms with E-state index in [1.807, 2.05) is 37.9 Å². The summed E-state index contributed by atoms with van der Waals surface area (Å²) in [7, 11) is -1.35. The number of sulfone groups is 1. The quantitative estimate of drug-likeness (QED) is 0.867. The summed E-state index contributed by atoms with van der Waals surface area (Å²) < 4.78 is 25.2. The Hall–Kier alpha value is -0.910. The Labute approximate surface area is 109 Å². The van der Waals surface area contributed by atoms with E-state index in [0.717, 1.165) is 17.7 Å². The zero-order valence-electron chi connectivity index (χ0n) is 11.1. The second-order valence-corrected chi connectivity index (χ2v) is 7.12. The number of piperazine rings is 1. The first-order valence-corrected chi connectivity index (χ1v) is 7.69. The average molecular weight is 268 g/mol. The van der Waals surface area contributed by atoms with Crippen LogP contribution in [0, 0.1) is 13.8 Å². The standard InChI is InChI=1S/C13H20N2O2S/c1-10-4-5-11(2)12(8-10)18(16,17)13-9-15(3)7-6-14-13/h4-5,8,13-14H,6-7,9H2,1-3H3. The predicted octanol–water partition coefficient (Wildman–Crippen LogP) is 0.938. The lowest BCUT2D eigenvalue weighted by atomic mass is 10.2. The summed E-state index contributed by atoms with van der Waals surface area (Å²) in [6.07, 6.45) is 0. The molecule has 0 amide bonds. The fourth-order valence-electron chi connectivity index (χ4n) is 2.23. The number of nitrogens with one attached hydrogen (secondary N) is 1. The molecule has 1 aliphatic heterocycles. The van der Waals surface area contributed by atoms with Crippen molar-refractivity contribution in [3.8, 4) is 0 Å². The Balaban J connectivity index is 2.38. The zero-order chi connectivity index (χ0) is 13.3. The van der Waals surface area contributed by atoms with E-state index in [1.54, 1.807) is 6.07 Å². The molecular formula is C13H20N2O2S. The maximum atomic E-state index is 12.6. The van der Waals surface area contributed by atoms with Crippen molar-refractivity contribution in [2.75, 3.05) is 26.7 Å². The summed E-state index contributed by atoms with van der Waals surface area (Å²) in [6, 6.07) is 5.57. The molecule has 1 heterocycles. The van der Waals surface area contributed by atoms with Crippen LogP contribution in [0.25, 0.3) is 0 Å². The number of aryl methyl sites for hydroxylation is 2. The van der Waals surface area contributed by atoms with Crippen LogP contribution >= 0.6 is 0 Å². The van der Waals surface area contributed by atoms with Crippen molar-refractivity contribution in [3.05, 3.63) is 29.3 Å². The molecule has 0 radical (unpaired) electrons. The lowest BCUT2D eigenvalue weighted by Crippen LogP contribution is -2.52. The molecule has 0 saturated carbocycles. The summed E-state index contributed by atoms with van der Waals surface area (Å²) in [5.74, 6) is 0. The number of hydrogen-bond donors (Lipinski definition) is 1. The first kappa shape index (κ1) is 13.5. The zero-order valence-corrected chi connectivity index (χ0v) is 11.9. The Morgan fingerprint density at radius 3 is 2.72 bits per heavy atom. The van der Waals surface area contributed by atoms with E-state index in [-0.39, 0.29) is 0 Å². The van der Waals surface area contributed by atoms with Crippen LogP contribution in [0.2, 0.25) is 0 Å². The van der Waals surface area contributed by atoms with Gasteiger partial charge in [-0.3, -0.25) is 5.32 Å². The molecule has 1 aromatic carbocycles. The summed E-state index contributed by atoms with van der Waals surface area (Å²) in [5.41, 5.74) is 1.79. The van der Waals surface area contributed by atoms with E-state index < -0.39 is 15.2 Å². The van der Waals surface area contributed by atoms with E-state index in [0.29, 0.717) is 18.0 Å². The van der Waals surface area contributed by atoms with Crippen molar-refractivity contribution in [2.45, 2.75) is 24.1 Å². The molecule has 5 heteroatoms. The predicted molar refractivity (Wildman–Crippen MR) is 72.4 cm³/mol. The number of nitrogens with zero attached hydrogens (tertiary/aromatic N) is 1. The molecule has 1 fully saturated rings. The summed E-state index contributed by atoms with van der Waals surface area (Å²) in [6.45, 7) is 5.90. The van der Waals surface area contributed by atoms with Crippen LogP contribution in [0.4, 0.5) is 0 Å². The van der Waals surface area contributed by atoms with Gasteiger partial charge in [-0.15, -0.1) is 0 Å². The fourth-order valence-corrected chi connectivity index (χ4v) is 4.19. The molecule has 2 rings (SSSR count). The van der Waals surface area contributed by atoms with Gasteiger partial charge in [-0.05, 0) is 38.1 Å². The van der Waals surface area contributed by atoms with Gasteiger partial charge < -0.3 is 4.90 Å². The van der Waals surface area contributed by atoms with Gasteiger partial charge in [0.15, 0.2) is 9.84 Å². The van der Waals surface area contributed by atoms with Gasteiger partial charge in [0.2, 0.25) is 0 Å². The number of likely N-dealkylation sites (N-methyl/N-ethyl adjacent to an activating group) is 1. The van der Waals surface area contributed by atoms with Crippen molar-refractivity contribution in [1.29, 1.82) is 0 Å². The van der Waals surface area contributed by atoms with Crippen LogP contribution < -0.4 is 5.32 Å². The Morgan fingerprint density at radius 1 is 1.33 bits per heavy atom. The van der Waals surface area contributed by atoms with Crippen LogP contribution in [0.1, 0.15) is 11.1 Å². The summed E-state index contributed by atoms with van der Waals surface area (Å²) in [4.78, 5) is 2.50. The molecule has 0 bridgehead atoms. The molecule has 0 aromatic heterocycles. The van der Waals surface area contributed by atoms with Crippen molar-refractivity contribution < 1.29 is 8.42 Å². The monoisotopic (exact) mass is 268 g/mol. The molecule has 0 aliphatic carbocycles. The van der Waals surface area contributed by atoms with Gasteiger partial charge in [0, 0.05) is 19.6 Å². The van der Waals surface area contributed by atoms with Crippen LogP contribution in [0.5, 0.6) is 0 Å². The van der Waals surface area contributed by atoms with Gasteiger partial charge in [-0.1, -0.05) is 12.1 Å². The van der Waals surface area contributed by atoms with E-state index in [9.17, 15) is 8.42 Å². The van der Waals surface area contributed by atoms with Crippen LogP contribution in [0.3, 0.4) is 0 Å². The summed E-state index contributed by atoms with van der Waals surface area (Å²) in [5, 5.41) is 2.60. The number of hydrogen-bond acceptors (Lipinski definition) is 4. The van der Waals surface area contributed by atoms with E-state index in [4.69, 9.17) is 0 Å². The third kappa shape index (κ3) is 2.58. The van der Waals surface area contributed by atoms with Gasteiger partial charge in [0.1, 0.15) is 5.37 Å². The molecule has 0 spiro atoms. The van der Waals surface area contributed by atoms with Crippen LogP contribution in [0.15, 0.2) is 23.1 Å². The largest absolute Gasteiger partial charge is 0.302 e. The molecule has 1 unspecified atom stereocenters. The first-order valence-electron chi connectivity index (χ1n) is 6.14. The molecule has 1 aliphatic rings. The third-order valence-electron chi connectivity index (χ3n) is 3.37. The first-order chi connectivity index (χ1) is 8.41. The number of benzene rings is 1. The fraction of sp³-hybridized carbons (Fsp3) is 0.538. The molecule has 4 nitrogen and oxygen atoms in total. The lowest BCUT2D eigenvalue weighted by molar-refractivity contribution is 0.272. The lowest BCUT2D eigenvalue weighted by Gasteiger charge is -2.30. The molecule has 1 aromatic rings. The second-order valence-electron chi connectivity index (χ2n) is 5.02. The van der Waals surface area contributed by atoms with Crippen molar-refractivity contribution in [2.24, 2.45) is 0 Å². The SMILES string of the molecule is Cc1ccc(C)c(S(=O)(=O)C2CN(C)CCN2)c1. The highest BCUT2D eigenvalue weighted by Gasteiger charge is 2.31. The average Bonchev–Trinajstić information content (AvgIpc) is 2.32. The summed E-state index contributed by atoms with van der Waals surface area (Å²) >= 11 is 0. The maximum Gasteiger partial charge on any atom is 0.195 e. The molecular weight excluding hydrogens is 248 g/mol. The van der Waals surface area contributed by atoms with E-state index in [2.05, 4.69) is 5.32 Å². The van der Waals surface area contributed by atoms with Crippen molar-refractivity contribution in [1.82, 2.24) is 10.2 Å². The van der Waals surface area contributed by atoms with Crippen molar-refractivity contribution >= 4 is 9.84 Å². The normalized spacial score (nSPS) is 22.1. The van der Waals surface area contributed by atoms with Gasteiger partial charge in [0.05, 0.1) is 4.90 Å². The van der Waals surface area contributed by atoms with Crippen LogP contribution in [-0.4, -0.2) is 45.4 Å². The minimum atomic E-state index is -3.30. The Morgan fingerprint density at radius 2 is 2.06 bits per heavy atom. The Kier molecular flexibility index (Phi) is 3.75. The number of rotatable bonds is 2. The van der Waals surface area contributed by atoms with E-state index >= 15 is 0 Å². The molecule has 100 valence electrons. The molecule has 1 saturated heterocycles. The molecule has 18 heavy (non-hydrogen) atoms. The van der Waals surface area contributed by atoms with Gasteiger partial charge in [-0.2, -0.15) is 0 Å². The topological polar surface area (TPSA) is 49.4 Å². The molecule has 1 atom stereocenters. The minimum Gasteiger partial charge on any atom is -0.302 e. The second kappa shape index (κ2) is 4.99. The van der Waals surface area contributed by atoms with E-state index in [1.165, 1.54) is 0 Å². The third-order valence-corrected chi connectivity index (χ3v) is 5.49. The highest BCUT2D eigenvalue weighted by atomic mass is 32.2. The highest BCUT2D eigenvalue weighted by Crippen LogP contribution is 2.22. The minimum absolute atomic E-state index is 0.454. The maximum absolute atomic E-state index is 12.6. The van der Waals surface area contributed by atoms with Gasteiger partial charge in [0.25, 0.3) is 0 Å². The molecule has 1 N–H and O–H groups in total. The van der Waals surface area contributed by atoms with Gasteiger partial charge in [-0.25, -0.2) is 8.42 Å². The Bertz CT molecular complexity index is 540.